The molecule has 6 heteroatoms. The Morgan fingerprint density at radius 1 is 1.50 bits per heavy atom. The summed E-state index contributed by atoms with van der Waals surface area (Å²) in [7, 11) is 1.59. The minimum Gasteiger partial charge on any atom is -0.384 e. The van der Waals surface area contributed by atoms with Gasteiger partial charge in [-0.05, 0) is 60.1 Å². The number of ether oxygens (including phenoxy) is 1. The molecule has 2 rings (SSSR count). The fraction of sp³-hybridized carbons (Fsp3) is 0.500. The van der Waals surface area contributed by atoms with Gasteiger partial charge in [0.15, 0.2) is 0 Å². The number of nitrogens with one attached hydrogen (secondary N) is 2. The van der Waals surface area contributed by atoms with Gasteiger partial charge in [0.25, 0.3) is 0 Å². The van der Waals surface area contributed by atoms with Crippen LogP contribution in [0.25, 0.3) is 0 Å². The standard InChI is InChI=1S/C14H18BrFN2O2/c1-20-9-14(4-6-17-7-5-14)13(19)18-12-8-10(16)2-3-11(12)15/h2-3,8,17H,4-7,9H2,1H3,(H,18,19). The van der Waals surface area contributed by atoms with Crippen LogP contribution in [0.4, 0.5) is 10.1 Å². The number of carbonyl (C=O) groups excluding carboxylic acids is 1. The van der Waals surface area contributed by atoms with Gasteiger partial charge in [0.2, 0.25) is 5.91 Å². The molecular formula is C14H18BrFN2O2. The third kappa shape index (κ3) is 3.37. The first-order valence-corrected chi connectivity index (χ1v) is 7.33. The summed E-state index contributed by atoms with van der Waals surface area (Å²) in [6.07, 6.45) is 1.42. The smallest absolute Gasteiger partial charge is 0.233 e. The molecule has 1 saturated heterocycles. The van der Waals surface area contributed by atoms with Crippen LogP contribution in [-0.2, 0) is 9.53 Å². The first kappa shape index (κ1) is 15.4. The average Bonchev–Trinajstić information content (AvgIpc) is 2.44. The maximum Gasteiger partial charge on any atom is 0.233 e. The van der Waals surface area contributed by atoms with Gasteiger partial charge in [-0.25, -0.2) is 4.39 Å². The zero-order valence-corrected chi connectivity index (χ0v) is 12.9. The van der Waals surface area contributed by atoms with Crippen molar-refractivity contribution >= 4 is 27.5 Å². The molecule has 0 aromatic heterocycles. The number of carbonyl (C=O) groups is 1. The summed E-state index contributed by atoms with van der Waals surface area (Å²) < 4.78 is 19.2. The van der Waals surface area contributed by atoms with E-state index in [4.69, 9.17) is 4.74 Å². The monoisotopic (exact) mass is 344 g/mol. The Bertz CT molecular complexity index is 485. The van der Waals surface area contributed by atoms with Crippen molar-refractivity contribution in [3.63, 3.8) is 0 Å². The molecule has 20 heavy (non-hydrogen) atoms. The number of hydrogen-bond acceptors (Lipinski definition) is 3. The fourth-order valence-corrected chi connectivity index (χ4v) is 2.81. The van der Waals surface area contributed by atoms with E-state index in [1.807, 2.05) is 0 Å². The van der Waals surface area contributed by atoms with Crippen LogP contribution in [0.15, 0.2) is 22.7 Å². The minimum atomic E-state index is -0.550. The van der Waals surface area contributed by atoms with Crippen molar-refractivity contribution in [3.8, 4) is 0 Å². The summed E-state index contributed by atoms with van der Waals surface area (Å²) in [4.78, 5) is 12.6. The van der Waals surface area contributed by atoms with Gasteiger partial charge < -0.3 is 15.4 Å². The quantitative estimate of drug-likeness (QED) is 0.882. The summed E-state index contributed by atoms with van der Waals surface area (Å²) >= 11 is 3.31. The van der Waals surface area contributed by atoms with Crippen molar-refractivity contribution in [2.75, 3.05) is 32.1 Å². The van der Waals surface area contributed by atoms with Crippen LogP contribution in [0.2, 0.25) is 0 Å². The average molecular weight is 345 g/mol. The topological polar surface area (TPSA) is 50.4 Å². The van der Waals surface area contributed by atoms with Crippen molar-refractivity contribution in [1.29, 1.82) is 0 Å². The normalized spacial score (nSPS) is 17.8. The summed E-state index contributed by atoms with van der Waals surface area (Å²) in [5.41, 5.74) is -0.102. The molecular weight excluding hydrogens is 327 g/mol. The van der Waals surface area contributed by atoms with Gasteiger partial charge in [0, 0.05) is 11.6 Å². The van der Waals surface area contributed by atoms with Crippen LogP contribution in [0.1, 0.15) is 12.8 Å². The predicted molar refractivity (Wildman–Crippen MR) is 79.1 cm³/mol. The first-order valence-electron chi connectivity index (χ1n) is 6.53. The molecule has 0 bridgehead atoms. The van der Waals surface area contributed by atoms with Crippen LogP contribution >= 0.6 is 15.9 Å². The Balaban J connectivity index is 2.18. The highest BCUT2D eigenvalue weighted by Crippen LogP contribution is 2.32. The van der Waals surface area contributed by atoms with E-state index in [1.165, 1.54) is 12.1 Å². The number of halogens is 2. The fourth-order valence-electron chi connectivity index (χ4n) is 2.47. The van der Waals surface area contributed by atoms with Gasteiger partial charge in [0.05, 0.1) is 17.7 Å². The van der Waals surface area contributed by atoms with Crippen molar-refractivity contribution in [3.05, 3.63) is 28.5 Å². The lowest BCUT2D eigenvalue weighted by molar-refractivity contribution is -0.130. The highest BCUT2D eigenvalue weighted by Gasteiger charge is 2.39. The molecule has 1 amide bonds. The molecule has 1 aliphatic rings. The number of methoxy groups -OCH3 is 1. The van der Waals surface area contributed by atoms with Crippen LogP contribution in [0, 0.1) is 11.2 Å². The van der Waals surface area contributed by atoms with Gasteiger partial charge in [-0.1, -0.05) is 0 Å². The van der Waals surface area contributed by atoms with Gasteiger partial charge in [0.1, 0.15) is 5.82 Å². The zero-order valence-electron chi connectivity index (χ0n) is 11.3. The van der Waals surface area contributed by atoms with Gasteiger partial charge in [-0.2, -0.15) is 0 Å². The van der Waals surface area contributed by atoms with E-state index in [1.54, 1.807) is 13.2 Å². The molecule has 0 aliphatic carbocycles. The van der Waals surface area contributed by atoms with E-state index < -0.39 is 5.41 Å². The zero-order chi connectivity index (χ0) is 14.6. The number of rotatable bonds is 4. The molecule has 110 valence electrons. The van der Waals surface area contributed by atoms with Gasteiger partial charge in [-0.3, -0.25) is 4.79 Å². The molecule has 0 radical (unpaired) electrons. The Morgan fingerprint density at radius 2 is 2.20 bits per heavy atom. The van der Waals surface area contributed by atoms with Gasteiger partial charge in [-0.15, -0.1) is 0 Å². The lowest BCUT2D eigenvalue weighted by Crippen LogP contribution is -2.47. The molecule has 4 nitrogen and oxygen atoms in total. The Kier molecular flexibility index (Phi) is 5.12. The number of piperidine rings is 1. The van der Waals surface area contributed by atoms with Crippen molar-refractivity contribution in [2.24, 2.45) is 5.41 Å². The van der Waals surface area contributed by atoms with Crippen LogP contribution in [0.5, 0.6) is 0 Å². The first-order chi connectivity index (χ1) is 9.57. The number of amides is 1. The second-order valence-corrected chi connectivity index (χ2v) is 5.90. The highest BCUT2D eigenvalue weighted by atomic mass is 79.9. The lowest BCUT2D eigenvalue weighted by Gasteiger charge is -2.35. The van der Waals surface area contributed by atoms with Crippen molar-refractivity contribution in [1.82, 2.24) is 5.32 Å². The molecule has 1 heterocycles. The second kappa shape index (κ2) is 6.65. The van der Waals surface area contributed by atoms with Gasteiger partial charge >= 0.3 is 0 Å². The molecule has 0 atom stereocenters. The molecule has 1 aliphatic heterocycles. The van der Waals surface area contributed by atoms with Crippen molar-refractivity contribution in [2.45, 2.75) is 12.8 Å². The van der Waals surface area contributed by atoms with Crippen LogP contribution < -0.4 is 10.6 Å². The number of anilines is 1. The molecule has 0 saturated carbocycles. The maximum atomic E-state index is 13.3. The van der Waals surface area contributed by atoms with E-state index in [9.17, 15) is 9.18 Å². The molecule has 1 aromatic rings. The summed E-state index contributed by atoms with van der Waals surface area (Å²) in [6.45, 7) is 1.93. The van der Waals surface area contributed by atoms with E-state index in [0.29, 0.717) is 29.6 Å². The Hall–Kier alpha value is -0.980. The molecule has 1 aromatic carbocycles. The minimum absolute atomic E-state index is 0.118. The predicted octanol–water partition coefficient (Wildman–Crippen LogP) is 2.54. The van der Waals surface area contributed by atoms with Crippen LogP contribution in [0.3, 0.4) is 0 Å². The largest absolute Gasteiger partial charge is 0.384 e. The highest BCUT2D eigenvalue weighted by molar-refractivity contribution is 9.10. The molecule has 0 unspecified atom stereocenters. The summed E-state index contributed by atoms with van der Waals surface area (Å²) in [5, 5.41) is 6.05. The molecule has 2 N–H and O–H groups in total. The number of benzene rings is 1. The van der Waals surface area contributed by atoms with Crippen molar-refractivity contribution < 1.29 is 13.9 Å². The lowest BCUT2D eigenvalue weighted by atomic mass is 9.78. The SMILES string of the molecule is COCC1(C(=O)Nc2cc(F)ccc2Br)CCNCC1. The summed E-state index contributed by atoms with van der Waals surface area (Å²) in [6, 6.07) is 4.23. The van der Waals surface area contributed by atoms with E-state index in [0.717, 1.165) is 13.1 Å². The summed E-state index contributed by atoms with van der Waals surface area (Å²) in [5.74, 6) is -0.498. The van der Waals surface area contributed by atoms with E-state index >= 15 is 0 Å². The second-order valence-electron chi connectivity index (χ2n) is 5.04. The van der Waals surface area contributed by atoms with E-state index in [2.05, 4.69) is 26.6 Å². The molecule has 0 spiro atoms. The van der Waals surface area contributed by atoms with E-state index in [-0.39, 0.29) is 11.7 Å². The molecule has 1 fully saturated rings. The third-order valence-electron chi connectivity index (χ3n) is 3.64. The Labute approximate surface area is 126 Å². The maximum absolute atomic E-state index is 13.3. The number of hydrogen-bond donors (Lipinski definition) is 2. The Morgan fingerprint density at radius 3 is 2.85 bits per heavy atom. The third-order valence-corrected chi connectivity index (χ3v) is 4.33. The van der Waals surface area contributed by atoms with Crippen LogP contribution in [-0.4, -0.2) is 32.7 Å².